The molecule has 0 bridgehead atoms. The van der Waals surface area contributed by atoms with Gasteiger partial charge in [-0.25, -0.2) is 0 Å². The summed E-state index contributed by atoms with van der Waals surface area (Å²) in [4.78, 5) is 6.31. The van der Waals surface area contributed by atoms with Gasteiger partial charge in [0.2, 0.25) is 0 Å². The number of pyridine rings is 1. The number of nitrogens with two attached hydrogens (primary N) is 1. The quantitative estimate of drug-likeness (QED) is 0.788. The molecule has 5 nitrogen and oxygen atoms in total. The van der Waals surface area contributed by atoms with Crippen LogP contribution in [0.4, 0.5) is 11.4 Å². The molecule has 1 unspecified atom stereocenters. The van der Waals surface area contributed by atoms with Gasteiger partial charge in [0, 0.05) is 41.1 Å². The Labute approximate surface area is 111 Å². The minimum Gasteiger partial charge on any atom is -0.398 e. The summed E-state index contributed by atoms with van der Waals surface area (Å²) in [6.45, 7) is 2.07. The molecule has 2 heterocycles. The lowest BCUT2D eigenvalue weighted by Gasteiger charge is -2.37. The summed E-state index contributed by atoms with van der Waals surface area (Å²) in [7, 11) is 0. The zero-order valence-electron chi connectivity index (χ0n) is 10.6. The van der Waals surface area contributed by atoms with Crippen LogP contribution in [0.2, 0.25) is 0 Å². The second kappa shape index (κ2) is 5.03. The Morgan fingerprint density at radius 1 is 1.37 bits per heavy atom. The van der Waals surface area contributed by atoms with Gasteiger partial charge in [0.1, 0.15) is 0 Å². The van der Waals surface area contributed by atoms with E-state index in [0.29, 0.717) is 13.2 Å². The summed E-state index contributed by atoms with van der Waals surface area (Å²) < 4.78 is 5.42. The van der Waals surface area contributed by atoms with Gasteiger partial charge in [0.25, 0.3) is 0 Å². The van der Waals surface area contributed by atoms with E-state index in [1.807, 2.05) is 18.2 Å². The number of nitrogens with zero attached hydrogens (tertiary/aromatic N) is 2. The van der Waals surface area contributed by atoms with E-state index in [-0.39, 0.29) is 12.6 Å². The molecule has 1 fully saturated rings. The lowest BCUT2D eigenvalue weighted by molar-refractivity contribution is 0.0728. The molecule has 2 aromatic rings. The van der Waals surface area contributed by atoms with Gasteiger partial charge < -0.3 is 20.5 Å². The Balaban J connectivity index is 2.11. The molecule has 1 aromatic carbocycles. The normalized spacial score (nSPS) is 19.8. The number of morpholine rings is 1. The first-order chi connectivity index (χ1) is 9.31. The number of benzene rings is 1. The standard InChI is InChI=1S/C14H17N3O2/c15-13-1-2-14(11-3-4-16-7-12(11)13)17-5-6-19-9-10(17)8-18/h1-4,7,10,18H,5-6,8-9,15H2. The molecule has 1 aliphatic rings. The number of hydrogen-bond acceptors (Lipinski definition) is 5. The number of ether oxygens (including phenoxy) is 1. The number of rotatable bonds is 2. The molecule has 19 heavy (non-hydrogen) atoms. The third kappa shape index (κ3) is 2.11. The fourth-order valence-corrected chi connectivity index (χ4v) is 2.57. The summed E-state index contributed by atoms with van der Waals surface area (Å²) >= 11 is 0. The van der Waals surface area contributed by atoms with E-state index < -0.39 is 0 Å². The van der Waals surface area contributed by atoms with Crippen LogP contribution in [0.3, 0.4) is 0 Å². The van der Waals surface area contributed by atoms with Crippen LogP contribution in [0.5, 0.6) is 0 Å². The van der Waals surface area contributed by atoms with E-state index in [2.05, 4.69) is 9.88 Å². The minimum absolute atomic E-state index is 0.00580. The summed E-state index contributed by atoms with van der Waals surface area (Å²) in [5.74, 6) is 0. The fraction of sp³-hybridized carbons (Fsp3) is 0.357. The van der Waals surface area contributed by atoms with Crippen LogP contribution in [0.1, 0.15) is 0 Å². The van der Waals surface area contributed by atoms with Crippen LogP contribution in [0, 0.1) is 0 Å². The van der Waals surface area contributed by atoms with Crippen molar-refractivity contribution >= 4 is 22.1 Å². The van der Waals surface area contributed by atoms with Gasteiger partial charge in [-0.1, -0.05) is 0 Å². The minimum atomic E-state index is -0.00580. The average Bonchev–Trinajstić information content (AvgIpc) is 2.48. The molecule has 0 amide bonds. The molecule has 1 aromatic heterocycles. The van der Waals surface area contributed by atoms with Gasteiger partial charge in [-0.2, -0.15) is 0 Å². The van der Waals surface area contributed by atoms with Crippen molar-refractivity contribution in [1.29, 1.82) is 0 Å². The largest absolute Gasteiger partial charge is 0.398 e. The number of aromatic nitrogens is 1. The fourth-order valence-electron chi connectivity index (χ4n) is 2.57. The number of hydrogen-bond donors (Lipinski definition) is 2. The third-order valence-corrected chi connectivity index (χ3v) is 3.58. The van der Waals surface area contributed by atoms with E-state index >= 15 is 0 Å². The third-order valence-electron chi connectivity index (χ3n) is 3.58. The number of aliphatic hydroxyl groups excluding tert-OH is 1. The molecular weight excluding hydrogens is 242 g/mol. The maximum absolute atomic E-state index is 9.49. The van der Waals surface area contributed by atoms with E-state index in [1.165, 1.54) is 0 Å². The SMILES string of the molecule is Nc1ccc(N2CCOCC2CO)c2ccncc12. The molecule has 0 spiro atoms. The van der Waals surface area contributed by atoms with Crippen molar-refractivity contribution in [3.05, 3.63) is 30.6 Å². The highest BCUT2D eigenvalue weighted by atomic mass is 16.5. The monoisotopic (exact) mass is 259 g/mol. The van der Waals surface area contributed by atoms with Crippen LogP contribution in [0.15, 0.2) is 30.6 Å². The number of fused-ring (bicyclic) bond motifs is 1. The Morgan fingerprint density at radius 3 is 3.11 bits per heavy atom. The van der Waals surface area contributed by atoms with Gasteiger partial charge in [-0.05, 0) is 18.2 Å². The lowest BCUT2D eigenvalue weighted by atomic mass is 10.1. The number of nitrogen functional groups attached to an aromatic ring is 1. The maximum atomic E-state index is 9.49. The topological polar surface area (TPSA) is 71.6 Å². The second-order valence-electron chi connectivity index (χ2n) is 4.70. The zero-order chi connectivity index (χ0) is 13.2. The predicted octanol–water partition coefficient (Wildman–Crippen LogP) is 1.01. The van der Waals surface area contributed by atoms with E-state index in [4.69, 9.17) is 10.5 Å². The molecule has 0 aliphatic carbocycles. The molecule has 100 valence electrons. The van der Waals surface area contributed by atoms with Crippen LogP contribution in [-0.2, 0) is 4.74 Å². The zero-order valence-corrected chi connectivity index (χ0v) is 10.6. The predicted molar refractivity (Wildman–Crippen MR) is 75.2 cm³/mol. The number of anilines is 2. The van der Waals surface area contributed by atoms with Crippen molar-refractivity contribution in [2.75, 3.05) is 37.0 Å². The highest BCUT2D eigenvalue weighted by Crippen LogP contribution is 2.32. The molecule has 1 atom stereocenters. The van der Waals surface area contributed by atoms with Gasteiger partial charge >= 0.3 is 0 Å². The molecule has 3 rings (SSSR count). The summed E-state index contributed by atoms with van der Waals surface area (Å²) in [6.07, 6.45) is 3.54. The van der Waals surface area contributed by atoms with Crippen LogP contribution < -0.4 is 10.6 Å². The molecule has 0 saturated carbocycles. The van der Waals surface area contributed by atoms with Crippen LogP contribution >= 0.6 is 0 Å². The Morgan fingerprint density at radius 2 is 2.26 bits per heavy atom. The Hall–Kier alpha value is -1.85. The summed E-state index contributed by atoms with van der Waals surface area (Å²) in [5, 5.41) is 11.5. The van der Waals surface area contributed by atoms with E-state index in [0.717, 1.165) is 28.7 Å². The smallest absolute Gasteiger partial charge is 0.0755 e. The van der Waals surface area contributed by atoms with Crippen molar-refractivity contribution in [1.82, 2.24) is 4.98 Å². The van der Waals surface area contributed by atoms with Crippen molar-refractivity contribution in [3.8, 4) is 0 Å². The molecule has 1 saturated heterocycles. The Bertz CT molecular complexity index is 588. The van der Waals surface area contributed by atoms with Crippen molar-refractivity contribution < 1.29 is 9.84 Å². The van der Waals surface area contributed by atoms with Crippen molar-refractivity contribution in [2.45, 2.75) is 6.04 Å². The Kier molecular flexibility index (Phi) is 3.23. The van der Waals surface area contributed by atoms with Gasteiger partial charge in [0.15, 0.2) is 0 Å². The lowest BCUT2D eigenvalue weighted by Crippen LogP contribution is -2.47. The molecular formula is C14H17N3O2. The van der Waals surface area contributed by atoms with Crippen LogP contribution in [0.25, 0.3) is 10.8 Å². The van der Waals surface area contributed by atoms with Gasteiger partial charge in [-0.3, -0.25) is 4.98 Å². The summed E-state index contributed by atoms with van der Waals surface area (Å²) in [6, 6.07) is 5.86. The van der Waals surface area contributed by atoms with Crippen LogP contribution in [-0.4, -0.2) is 42.5 Å². The van der Waals surface area contributed by atoms with E-state index in [1.54, 1.807) is 12.4 Å². The first-order valence-corrected chi connectivity index (χ1v) is 6.38. The van der Waals surface area contributed by atoms with Gasteiger partial charge in [-0.15, -0.1) is 0 Å². The summed E-state index contributed by atoms with van der Waals surface area (Å²) in [5.41, 5.74) is 7.79. The highest BCUT2D eigenvalue weighted by Gasteiger charge is 2.24. The van der Waals surface area contributed by atoms with E-state index in [9.17, 15) is 5.11 Å². The number of aliphatic hydroxyl groups is 1. The first-order valence-electron chi connectivity index (χ1n) is 6.38. The van der Waals surface area contributed by atoms with Gasteiger partial charge in [0.05, 0.1) is 25.9 Å². The first kappa shape index (κ1) is 12.2. The molecule has 3 N–H and O–H groups in total. The van der Waals surface area contributed by atoms with Crippen molar-refractivity contribution in [2.24, 2.45) is 0 Å². The average molecular weight is 259 g/mol. The van der Waals surface area contributed by atoms with Crippen molar-refractivity contribution in [3.63, 3.8) is 0 Å². The second-order valence-corrected chi connectivity index (χ2v) is 4.70. The highest BCUT2D eigenvalue weighted by molar-refractivity contribution is 6.00. The molecule has 0 radical (unpaired) electrons. The maximum Gasteiger partial charge on any atom is 0.0755 e. The molecule has 5 heteroatoms. The molecule has 1 aliphatic heterocycles.